The van der Waals surface area contributed by atoms with E-state index in [1.54, 1.807) is 24.4 Å². The van der Waals surface area contributed by atoms with Crippen LogP contribution < -0.4 is 21.3 Å². The number of amides is 1. The van der Waals surface area contributed by atoms with Gasteiger partial charge in [-0.3, -0.25) is 5.32 Å². The van der Waals surface area contributed by atoms with Crippen molar-refractivity contribution in [2.45, 2.75) is 6.61 Å². The Morgan fingerprint density at radius 1 is 0.973 bits per heavy atom. The van der Waals surface area contributed by atoms with Gasteiger partial charge in [0.2, 0.25) is 0 Å². The lowest BCUT2D eigenvalue weighted by molar-refractivity contribution is 0.122. The number of carbonyl (C=O) groups excluding carboxylic acids is 1. The number of carbonyl (C=O) groups is 1. The van der Waals surface area contributed by atoms with Gasteiger partial charge >= 0.3 is 6.09 Å². The van der Waals surface area contributed by atoms with Gasteiger partial charge in [-0.15, -0.1) is 0 Å². The van der Waals surface area contributed by atoms with Gasteiger partial charge < -0.3 is 25.4 Å². The Hall–Kier alpha value is -4.56. The molecule has 8 nitrogen and oxygen atoms in total. The molecule has 1 aliphatic rings. The van der Waals surface area contributed by atoms with Crippen molar-refractivity contribution in [3.8, 4) is 0 Å². The highest BCUT2D eigenvalue weighted by Gasteiger charge is 2.10. The third kappa shape index (κ3) is 7.98. The topological polar surface area (TPSA) is 101 Å². The number of allylic oxidation sites excluding steroid dienone is 1. The van der Waals surface area contributed by atoms with E-state index in [0.29, 0.717) is 17.2 Å². The fourth-order valence-corrected chi connectivity index (χ4v) is 3.70. The Labute approximate surface area is 217 Å². The number of anilines is 3. The van der Waals surface area contributed by atoms with Crippen LogP contribution in [0.3, 0.4) is 0 Å². The molecule has 8 heteroatoms. The zero-order valence-corrected chi connectivity index (χ0v) is 20.6. The molecule has 0 radical (unpaired) electrons. The lowest BCUT2D eigenvalue weighted by Gasteiger charge is -2.28. The molecule has 1 fully saturated rings. The fourth-order valence-electron chi connectivity index (χ4n) is 3.70. The summed E-state index contributed by atoms with van der Waals surface area (Å²) in [6, 6.07) is 24.8. The van der Waals surface area contributed by atoms with Crippen LogP contribution in [-0.2, 0) is 16.1 Å². The van der Waals surface area contributed by atoms with E-state index in [-0.39, 0.29) is 6.61 Å². The molecule has 1 amide bonds. The second-order valence-corrected chi connectivity index (χ2v) is 8.38. The zero-order chi connectivity index (χ0) is 25.9. The number of nitrogens with one attached hydrogen (secondary N) is 2. The molecular formula is C29H31N5O3. The van der Waals surface area contributed by atoms with E-state index in [1.165, 1.54) is 5.69 Å². The number of rotatable bonds is 9. The third-order valence-corrected chi connectivity index (χ3v) is 5.69. The van der Waals surface area contributed by atoms with Crippen molar-refractivity contribution < 1.29 is 14.3 Å². The molecule has 0 atom stereocenters. The average Bonchev–Trinajstić information content (AvgIpc) is 2.94. The van der Waals surface area contributed by atoms with Crippen LogP contribution in [0.25, 0.3) is 5.70 Å². The van der Waals surface area contributed by atoms with Crippen molar-refractivity contribution >= 4 is 35.1 Å². The highest BCUT2D eigenvalue weighted by atomic mass is 16.5. The minimum absolute atomic E-state index is 0.208. The van der Waals surface area contributed by atoms with Crippen LogP contribution in [-0.4, -0.2) is 38.6 Å². The number of aliphatic imine (C=N–C) groups is 1. The molecule has 4 N–H and O–H groups in total. The first kappa shape index (κ1) is 25.5. The van der Waals surface area contributed by atoms with Crippen LogP contribution >= 0.6 is 0 Å². The zero-order valence-electron chi connectivity index (χ0n) is 20.6. The van der Waals surface area contributed by atoms with E-state index in [9.17, 15) is 4.79 Å². The van der Waals surface area contributed by atoms with Gasteiger partial charge in [0.15, 0.2) is 0 Å². The number of benzene rings is 3. The number of hydrogen-bond donors (Lipinski definition) is 3. The molecule has 190 valence electrons. The van der Waals surface area contributed by atoms with Crippen LogP contribution in [0.15, 0.2) is 102 Å². The Morgan fingerprint density at radius 2 is 1.62 bits per heavy atom. The summed E-state index contributed by atoms with van der Waals surface area (Å²) in [5, 5.41) is 5.88. The minimum Gasteiger partial charge on any atom is -0.444 e. The number of hydrogen-bond acceptors (Lipinski definition) is 7. The number of morpholine rings is 1. The van der Waals surface area contributed by atoms with E-state index in [4.69, 9.17) is 15.2 Å². The summed E-state index contributed by atoms with van der Waals surface area (Å²) in [5.41, 5.74) is 11.1. The van der Waals surface area contributed by atoms with E-state index in [2.05, 4.69) is 39.2 Å². The van der Waals surface area contributed by atoms with Gasteiger partial charge in [-0.05, 0) is 53.6 Å². The lowest BCUT2D eigenvalue weighted by Crippen LogP contribution is -2.36. The maximum atomic E-state index is 12.0. The average molecular weight is 498 g/mol. The van der Waals surface area contributed by atoms with Crippen molar-refractivity contribution in [1.82, 2.24) is 0 Å². The van der Waals surface area contributed by atoms with E-state index in [0.717, 1.165) is 43.1 Å². The first-order valence-electron chi connectivity index (χ1n) is 12.0. The highest BCUT2D eigenvalue weighted by molar-refractivity contribution is 5.86. The molecule has 1 saturated heterocycles. The van der Waals surface area contributed by atoms with Gasteiger partial charge in [0.25, 0.3) is 0 Å². The Bertz CT molecular complexity index is 1230. The largest absolute Gasteiger partial charge is 0.444 e. The Balaban J connectivity index is 1.23. The molecule has 4 rings (SSSR count). The van der Waals surface area contributed by atoms with Crippen LogP contribution in [0.1, 0.15) is 11.1 Å². The quantitative estimate of drug-likeness (QED) is 0.350. The molecule has 0 spiro atoms. The summed E-state index contributed by atoms with van der Waals surface area (Å²) >= 11 is 0. The van der Waals surface area contributed by atoms with E-state index in [1.807, 2.05) is 54.6 Å². The van der Waals surface area contributed by atoms with Crippen molar-refractivity contribution in [1.29, 1.82) is 0 Å². The second kappa shape index (κ2) is 12.9. The molecule has 37 heavy (non-hydrogen) atoms. The standard InChI is InChI=1S/C29H31N5O3/c1-22(32-25-11-13-27(14-12-25)34-17-19-36-20-18-34)31-16-15-28(30)24-7-9-26(10-8-24)33-29(35)37-21-23-5-3-2-4-6-23/h2-16,32H,1,17-21,30H2,(H,33,35)/b28-15-,31-16-. The van der Waals surface area contributed by atoms with Gasteiger partial charge in [-0.25, -0.2) is 9.79 Å². The fraction of sp³-hybridized carbons (Fsp3) is 0.172. The first-order chi connectivity index (χ1) is 18.1. The van der Waals surface area contributed by atoms with Gasteiger partial charge in [0, 0.05) is 42.1 Å². The lowest BCUT2D eigenvalue weighted by atomic mass is 10.1. The molecule has 0 saturated carbocycles. The summed E-state index contributed by atoms with van der Waals surface area (Å²) in [4.78, 5) is 18.6. The molecule has 1 aliphatic heterocycles. The summed E-state index contributed by atoms with van der Waals surface area (Å²) in [7, 11) is 0. The van der Waals surface area contributed by atoms with E-state index >= 15 is 0 Å². The molecule has 3 aromatic carbocycles. The Morgan fingerprint density at radius 3 is 2.32 bits per heavy atom. The predicted molar refractivity (Wildman–Crippen MR) is 150 cm³/mol. The molecule has 3 aromatic rings. The maximum Gasteiger partial charge on any atom is 0.411 e. The number of ether oxygens (including phenoxy) is 2. The first-order valence-corrected chi connectivity index (χ1v) is 12.0. The monoisotopic (exact) mass is 497 g/mol. The molecular weight excluding hydrogens is 466 g/mol. The predicted octanol–water partition coefficient (Wildman–Crippen LogP) is 5.23. The van der Waals surface area contributed by atoms with Gasteiger partial charge in [-0.1, -0.05) is 49.0 Å². The van der Waals surface area contributed by atoms with Crippen LogP contribution in [0.4, 0.5) is 21.9 Å². The molecule has 0 bridgehead atoms. The maximum absolute atomic E-state index is 12.0. The summed E-state index contributed by atoms with van der Waals surface area (Å²) in [6.07, 6.45) is 2.78. The third-order valence-electron chi connectivity index (χ3n) is 5.69. The number of nitrogens with zero attached hydrogens (tertiary/aromatic N) is 2. The van der Waals surface area contributed by atoms with Crippen molar-refractivity contribution in [2.75, 3.05) is 41.8 Å². The van der Waals surface area contributed by atoms with Gasteiger partial charge in [-0.2, -0.15) is 0 Å². The highest BCUT2D eigenvalue weighted by Crippen LogP contribution is 2.20. The SMILES string of the molecule is C=C(/N=C\C=C(/N)c1ccc(NC(=O)OCc2ccccc2)cc1)Nc1ccc(N2CCOCC2)cc1. The van der Waals surface area contributed by atoms with Gasteiger partial charge in [0.05, 0.1) is 13.2 Å². The van der Waals surface area contributed by atoms with Crippen molar-refractivity contribution in [2.24, 2.45) is 10.7 Å². The second-order valence-electron chi connectivity index (χ2n) is 8.38. The van der Waals surface area contributed by atoms with Crippen molar-refractivity contribution in [3.63, 3.8) is 0 Å². The van der Waals surface area contributed by atoms with Crippen LogP contribution in [0.2, 0.25) is 0 Å². The van der Waals surface area contributed by atoms with Crippen LogP contribution in [0, 0.1) is 0 Å². The molecule has 1 heterocycles. The summed E-state index contributed by atoms with van der Waals surface area (Å²) < 4.78 is 10.6. The normalized spacial score (nSPS) is 13.8. The molecule has 0 aliphatic carbocycles. The summed E-state index contributed by atoms with van der Waals surface area (Å²) in [6.45, 7) is 7.47. The molecule has 0 unspecified atom stereocenters. The van der Waals surface area contributed by atoms with Crippen LogP contribution in [0.5, 0.6) is 0 Å². The smallest absolute Gasteiger partial charge is 0.411 e. The molecule has 0 aromatic heterocycles. The van der Waals surface area contributed by atoms with Crippen molar-refractivity contribution in [3.05, 3.63) is 108 Å². The number of nitrogens with two attached hydrogens (primary N) is 1. The summed E-state index contributed by atoms with van der Waals surface area (Å²) in [5.74, 6) is 0.497. The Kier molecular flexibility index (Phi) is 8.93. The minimum atomic E-state index is -0.519. The van der Waals surface area contributed by atoms with E-state index < -0.39 is 6.09 Å². The van der Waals surface area contributed by atoms with Gasteiger partial charge in [0.1, 0.15) is 12.4 Å².